The third-order valence-electron chi connectivity index (χ3n) is 0.613. The van der Waals surface area contributed by atoms with Gasteiger partial charge in [-0.05, 0) is 18.8 Å². The first-order chi connectivity index (χ1) is 4.16. The fraction of sp³-hybridized carbons (Fsp3) is 0.500. The van der Waals surface area contributed by atoms with Crippen molar-refractivity contribution in [3.63, 3.8) is 0 Å². The van der Waals surface area contributed by atoms with Gasteiger partial charge in [-0.3, -0.25) is 0 Å². The van der Waals surface area contributed by atoms with Gasteiger partial charge in [-0.2, -0.15) is 0 Å². The van der Waals surface area contributed by atoms with Crippen molar-refractivity contribution in [1.82, 2.24) is 0 Å². The molecule has 0 aromatic carbocycles. The Kier molecular flexibility index (Phi) is 4.22. The monoisotopic (exact) mass is 146 g/mol. The first kappa shape index (κ1) is 8.56. The molecule has 0 aromatic rings. The largest absolute Gasteiger partial charge is 0.463 e. The van der Waals surface area contributed by atoms with Crippen molar-refractivity contribution in [3.8, 4) is 0 Å². The third-order valence-corrected chi connectivity index (χ3v) is 0.742. The van der Waals surface area contributed by atoms with Gasteiger partial charge in [0.15, 0.2) is 0 Å². The Hall–Kier alpha value is -0.440. The van der Waals surface area contributed by atoms with Gasteiger partial charge < -0.3 is 4.74 Å². The molecule has 0 radical (unpaired) electrons. The topological polar surface area (TPSA) is 26.3 Å². The van der Waals surface area contributed by atoms with E-state index in [1.165, 1.54) is 6.08 Å². The molecule has 0 bridgehead atoms. The summed E-state index contributed by atoms with van der Waals surface area (Å²) in [4.78, 5) is 11.2. The normalized spacial score (nSPS) is 11.2. The second-order valence-corrected chi connectivity index (χ2v) is 2.24. The molecule has 3 heteroatoms. The van der Waals surface area contributed by atoms with Crippen molar-refractivity contribution < 1.29 is 9.53 Å². The van der Waals surface area contributed by atoms with Crippen LogP contribution in [-0.2, 0) is 9.53 Å². The Balaban J connectivity index is 3.63. The average Bonchev–Trinajstić information content (AvgIpc) is 1.63. The van der Waals surface area contributed by atoms with Crippen molar-refractivity contribution in [1.29, 1.82) is 0 Å². The first-order valence-corrected chi connectivity index (χ1v) is 3.15. The number of esters is 1. The highest BCUT2D eigenvalue weighted by Gasteiger charge is 1.92. The van der Waals surface area contributed by atoms with Crippen LogP contribution < -0.4 is 0 Å². The van der Waals surface area contributed by atoms with Gasteiger partial charge >= 0.3 is 5.97 Å². The van der Waals surface area contributed by atoms with E-state index in [1.54, 1.807) is 13.8 Å². The van der Waals surface area contributed by atoms with Crippen molar-refractivity contribution in [2.24, 2.45) is 0 Å². The maximum Gasteiger partial charge on any atom is 0.331 e. The summed E-state index contributed by atoms with van der Waals surface area (Å²) in [5, 5.41) is 0. The standard InChI is InChI=1S/C6H10O2S/c1-3-8-6(7)4-5(2)9/h4,9H,3H2,1-2H3/b5-4+. The maximum atomic E-state index is 10.5. The summed E-state index contributed by atoms with van der Waals surface area (Å²) in [5.74, 6) is -0.329. The minimum atomic E-state index is -0.329. The fourth-order valence-electron chi connectivity index (χ4n) is 0.354. The van der Waals surface area contributed by atoms with Crippen LogP contribution in [0.5, 0.6) is 0 Å². The number of carbonyl (C=O) groups is 1. The second kappa shape index (κ2) is 4.44. The Labute approximate surface area is 60.3 Å². The van der Waals surface area contributed by atoms with Crippen molar-refractivity contribution in [2.75, 3.05) is 6.61 Å². The summed E-state index contributed by atoms with van der Waals surface area (Å²) in [7, 11) is 0. The number of hydrogen-bond acceptors (Lipinski definition) is 3. The Morgan fingerprint density at radius 1 is 1.78 bits per heavy atom. The minimum Gasteiger partial charge on any atom is -0.463 e. The molecule has 0 atom stereocenters. The second-order valence-electron chi connectivity index (χ2n) is 1.54. The number of allylic oxidation sites excluding steroid dienone is 1. The summed E-state index contributed by atoms with van der Waals surface area (Å²) >= 11 is 3.89. The van der Waals surface area contributed by atoms with Crippen LogP contribution in [0.2, 0.25) is 0 Å². The molecule has 0 heterocycles. The summed E-state index contributed by atoms with van der Waals surface area (Å²) in [6.45, 7) is 3.90. The van der Waals surface area contributed by atoms with E-state index >= 15 is 0 Å². The van der Waals surface area contributed by atoms with Crippen LogP contribution in [0, 0.1) is 0 Å². The number of rotatable bonds is 2. The van der Waals surface area contributed by atoms with E-state index in [0.717, 1.165) is 0 Å². The van der Waals surface area contributed by atoms with Gasteiger partial charge in [-0.1, -0.05) is 0 Å². The zero-order chi connectivity index (χ0) is 7.28. The van der Waals surface area contributed by atoms with E-state index in [-0.39, 0.29) is 5.97 Å². The van der Waals surface area contributed by atoms with E-state index < -0.39 is 0 Å². The van der Waals surface area contributed by atoms with Crippen LogP contribution in [0.4, 0.5) is 0 Å². The predicted octanol–water partition coefficient (Wildman–Crippen LogP) is 1.38. The van der Waals surface area contributed by atoms with Crippen molar-refractivity contribution in [2.45, 2.75) is 13.8 Å². The zero-order valence-electron chi connectivity index (χ0n) is 5.55. The number of ether oxygens (including phenoxy) is 1. The molecular weight excluding hydrogens is 136 g/mol. The molecule has 0 aliphatic rings. The number of hydrogen-bond donors (Lipinski definition) is 1. The van der Waals surface area contributed by atoms with Gasteiger partial charge in [0, 0.05) is 6.08 Å². The van der Waals surface area contributed by atoms with Crippen LogP contribution in [0.3, 0.4) is 0 Å². The van der Waals surface area contributed by atoms with Crippen LogP contribution in [-0.4, -0.2) is 12.6 Å². The lowest BCUT2D eigenvalue weighted by Gasteiger charge is -1.93. The molecule has 2 nitrogen and oxygen atoms in total. The number of thiol groups is 1. The lowest BCUT2D eigenvalue weighted by molar-refractivity contribution is -0.137. The minimum absolute atomic E-state index is 0.329. The van der Waals surface area contributed by atoms with E-state index in [4.69, 9.17) is 0 Å². The quantitative estimate of drug-likeness (QED) is 0.362. The van der Waals surface area contributed by atoms with Gasteiger partial charge in [0.1, 0.15) is 0 Å². The van der Waals surface area contributed by atoms with E-state index in [2.05, 4.69) is 17.4 Å². The third kappa shape index (κ3) is 5.43. The summed E-state index contributed by atoms with van der Waals surface area (Å²) in [6, 6.07) is 0. The highest BCUT2D eigenvalue weighted by molar-refractivity contribution is 7.84. The molecule has 0 unspecified atom stereocenters. The maximum absolute atomic E-state index is 10.5. The molecule has 0 saturated heterocycles. The lowest BCUT2D eigenvalue weighted by Crippen LogP contribution is -1.99. The molecule has 52 valence electrons. The van der Waals surface area contributed by atoms with Gasteiger partial charge in [0.05, 0.1) is 6.61 Å². The van der Waals surface area contributed by atoms with Crippen LogP contribution in [0.15, 0.2) is 11.0 Å². The van der Waals surface area contributed by atoms with Crippen LogP contribution in [0.1, 0.15) is 13.8 Å². The highest BCUT2D eigenvalue weighted by Crippen LogP contribution is 1.96. The molecule has 0 aliphatic carbocycles. The Bertz CT molecular complexity index is 125. The molecule has 0 spiro atoms. The van der Waals surface area contributed by atoms with Gasteiger partial charge in [-0.15, -0.1) is 12.6 Å². The Morgan fingerprint density at radius 3 is 2.67 bits per heavy atom. The number of carbonyl (C=O) groups excluding carboxylic acids is 1. The molecule has 0 fully saturated rings. The summed E-state index contributed by atoms with van der Waals surface area (Å²) in [5.41, 5.74) is 0. The molecule has 0 saturated carbocycles. The van der Waals surface area contributed by atoms with E-state index in [1.807, 2.05) is 0 Å². The van der Waals surface area contributed by atoms with Crippen molar-refractivity contribution in [3.05, 3.63) is 11.0 Å². The van der Waals surface area contributed by atoms with Gasteiger partial charge in [0.2, 0.25) is 0 Å². The zero-order valence-corrected chi connectivity index (χ0v) is 6.44. The van der Waals surface area contributed by atoms with Crippen LogP contribution in [0.25, 0.3) is 0 Å². The molecule has 0 N–H and O–H groups in total. The fourth-order valence-corrected chi connectivity index (χ4v) is 0.460. The predicted molar refractivity (Wildman–Crippen MR) is 39.4 cm³/mol. The smallest absolute Gasteiger partial charge is 0.331 e. The van der Waals surface area contributed by atoms with E-state index in [0.29, 0.717) is 11.5 Å². The molecular formula is C6H10O2S. The molecule has 0 aromatic heterocycles. The lowest BCUT2D eigenvalue weighted by atomic mass is 10.5. The first-order valence-electron chi connectivity index (χ1n) is 2.70. The SMILES string of the molecule is CCOC(=O)/C=C(\C)S. The van der Waals surface area contributed by atoms with Gasteiger partial charge in [0.25, 0.3) is 0 Å². The van der Waals surface area contributed by atoms with Gasteiger partial charge in [-0.25, -0.2) is 4.79 Å². The average molecular weight is 146 g/mol. The van der Waals surface area contributed by atoms with Crippen LogP contribution >= 0.6 is 12.6 Å². The summed E-state index contributed by atoms with van der Waals surface area (Å²) < 4.78 is 4.59. The van der Waals surface area contributed by atoms with E-state index in [9.17, 15) is 4.79 Å². The molecule has 0 rings (SSSR count). The molecule has 0 amide bonds. The van der Waals surface area contributed by atoms with Crippen molar-refractivity contribution >= 4 is 18.6 Å². The summed E-state index contributed by atoms with van der Waals surface area (Å²) in [6.07, 6.45) is 1.34. The molecule has 0 aliphatic heterocycles. The highest BCUT2D eigenvalue weighted by atomic mass is 32.1. The molecule has 9 heavy (non-hydrogen) atoms. The Morgan fingerprint density at radius 2 is 2.33 bits per heavy atom.